The van der Waals surface area contributed by atoms with Crippen LogP contribution in [-0.2, 0) is 13.0 Å². The van der Waals surface area contributed by atoms with E-state index >= 15 is 0 Å². The quantitative estimate of drug-likeness (QED) is 0.568. The number of hydrogen-bond acceptors (Lipinski definition) is 2. The minimum absolute atomic E-state index is 0.934. The summed E-state index contributed by atoms with van der Waals surface area (Å²) in [5.74, 6) is 0. The zero-order chi connectivity index (χ0) is 6.81. The lowest BCUT2D eigenvalue weighted by Gasteiger charge is -2.14. The third-order valence-corrected chi connectivity index (χ3v) is 1.76. The molecule has 51 valence electrons. The van der Waals surface area contributed by atoms with E-state index in [4.69, 9.17) is 0 Å². The number of hydrogen-bond donors (Lipinski definition) is 1. The van der Waals surface area contributed by atoms with Gasteiger partial charge in [0.05, 0.1) is 0 Å². The Kier molecular flexibility index (Phi) is 1.40. The second-order valence-electron chi connectivity index (χ2n) is 2.43. The van der Waals surface area contributed by atoms with Gasteiger partial charge in [-0.2, -0.15) is 0 Å². The summed E-state index contributed by atoms with van der Waals surface area (Å²) in [6, 6.07) is 2.08. The second kappa shape index (κ2) is 2.39. The lowest BCUT2D eigenvalue weighted by molar-refractivity contribution is 0.721. The Balaban J connectivity index is 2.41. The highest BCUT2D eigenvalue weighted by Crippen LogP contribution is 2.11. The first-order valence-corrected chi connectivity index (χ1v) is 3.43. The third-order valence-electron chi connectivity index (χ3n) is 1.76. The molecule has 2 rings (SSSR count). The van der Waals surface area contributed by atoms with Crippen LogP contribution in [-0.4, -0.2) is 4.98 Å². The molecule has 0 aliphatic carbocycles. The van der Waals surface area contributed by atoms with Crippen LogP contribution in [0, 0.1) is 6.54 Å². The Morgan fingerprint density at radius 3 is 3.30 bits per heavy atom. The zero-order valence-corrected chi connectivity index (χ0v) is 5.67. The Hall–Kier alpha value is -0.890. The lowest BCUT2D eigenvalue weighted by atomic mass is 10.0. The molecule has 2 heteroatoms. The lowest BCUT2D eigenvalue weighted by Crippen LogP contribution is -2.18. The number of fused-ring (bicyclic) bond motifs is 1. The highest BCUT2D eigenvalue weighted by molar-refractivity contribution is 5.26. The van der Waals surface area contributed by atoms with E-state index in [0.29, 0.717) is 0 Å². The van der Waals surface area contributed by atoms with Crippen molar-refractivity contribution in [3.63, 3.8) is 0 Å². The molecule has 1 aromatic rings. The van der Waals surface area contributed by atoms with Gasteiger partial charge in [-0.25, -0.2) is 0 Å². The molecule has 1 aliphatic heterocycles. The molecule has 1 aromatic heterocycles. The Morgan fingerprint density at radius 2 is 2.40 bits per heavy atom. The average Bonchev–Trinajstić information content (AvgIpc) is 2.05. The Labute approximate surface area is 60.3 Å². The van der Waals surface area contributed by atoms with Gasteiger partial charge in [0.1, 0.15) is 0 Å². The predicted molar refractivity (Wildman–Crippen MR) is 39.1 cm³/mol. The van der Waals surface area contributed by atoms with Crippen molar-refractivity contribution in [2.75, 3.05) is 0 Å². The van der Waals surface area contributed by atoms with Crippen LogP contribution in [0.2, 0.25) is 0 Å². The predicted octanol–water partition coefficient (Wildman–Crippen LogP) is 0.889. The first-order valence-electron chi connectivity index (χ1n) is 3.43. The van der Waals surface area contributed by atoms with Crippen molar-refractivity contribution in [3.8, 4) is 0 Å². The first-order chi connectivity index (χ1) is 4.97. The van der Waals surface area contributed by atoms with Crippen LogP contribution in [0.5, 0.6) is 0 Å². The van der Waals surface area contributed by atoms with Gasteiger partial charge in [-0.15, -0.1) is 0 Å². The molecule has 0 unspecified atom stereocenters. The molecule has 1 N–H and O–H groups in total. The second-order valence-corrected chi connectivity index (χ2v) is 2.43. The van der Waals surface area contributed by atoms with Gasteiger partial charge < -0.3 is 5.32 Å². The molecule has 1 aliphatic rings. The summed E-state index contributed by atoms with van der Waals surface area (Å²) in [4.78, 5) is 4.04. The van der Waals surface area contributed by atoms with E-state index in [1.54, 1.807) is 0 Å². The Bertz CT molecular complexity index is 207. The van der Waals surface area contributed by atoms with Gasteiger partial charge in [0, 0.05) is 25.5 Å². The van der Waals surface area contributed by atoms with Gasteiger partial charge in [0.2, 0.25) is 0 Å². The molecule has 0 amide bonds. The first kappa shape index (κ1) is 5.86. The van der Waals surface area contributed by atoms with E-state index < -0.39 is 0 Å². The van der Waals surface area contributed by atoms with Gasteiger partial charge in [0.25, 0.3) is 0 Å². The van der Waals surface area contributed by atoms with Crippen molar-refractivity contribution in [2.24, 2.45) is 0 Å². The molecule has 10 heavy (non-hydrogen) atoms. The number of aromatic nitrogens is 1. The maximum Gasteiger partial charge on any atom is 0.0315 e. The van der Waals surface area contributed by atoms with Gasteiger partial charge >= 0.3 is 0 Å². The van der Waals surface area contributed by atoms with Gasteiger partial charge in [-0.3, -0.25) is 4.98 Å². The van der Waals surface area contributed by atoms with E-state index in [9.17, 15) is 0 Å². The molecule has 2 heterocycles. The average molecular weight is 133 g/mol. The number of pyridine rings is 1. The van der Waals surface area contributed by atoms with Crippen LogP contribution < -0.4 is 5.32 Å². The van der Waals surface area contributed by atoms with Crippen LogP contribution in [0.3, 0.4) is 0 Å². The van der Waals surface area contributed by atoms with Crippen LogP contribution in [0.1, 0.15) is 11.1 Å². The minimum atomic E-state index is 0.934. The topological polar surface area (TPSA) is 24.9 Å². The number of nitrogens with zero attached hydrogens (tertiary/aromatic N) is 1. The van der Waals surface area contributed by atoms with Crippen molar-refractivity contribution in [3.05, 3.63) is 36.1 Å². The maximum absolute atomic E-state index is 4.04. The monoisotopic (exact) mass is 133 g/mol. The van der Waals surface area contributed by atoms with Crippen LogP contribution in [0.15, 0.2) is 18.5 Å². The van der Waals surface area contributed by atoms with E-state index in [1.807, 2.05) is 12.4 Å². The van der Waals surface area contributed by atoms with Gasteiger partial charge in [-0.05, 0) is 23.6 Å². The highest BCUT2D eigenvalue weighted by atomic mass is 14.9. The van der Waals surface area contributed by atoms with Crippen molar-refractivity contribution in [1.29, 1.82) is 0 Å². The maximum atomic E-state index is 4.04. The zero-order valence-electron chi connectivity index (χ0n) is 5.67. The van der Waals surface area contributed by atoms with Crippen LogP contribution in [0.25, 0.3) is 0 Å². The molecular formula is C8H9N2. The molecule has 0 bridgehead atoms. The SMILES string of the molecule is [CH]1Cc2ccncc2CN1. The van der Waals surface area contributed by atoms with Crippen LogP contribution in [0.4, 0.5) is 0 Å². The third kappa shape index (κ3) is 0.907. The van der Waals surface area contributed by atoms with Crippen molar-refractivity contribution in [2.45, 2.75) is 13.0 Å². The standard InChI is InChI=1S/C8H9N2/c1-3-9-5-8-6-10-4-2-7(1)8/h1,3-5,10H,2,6H2. The largest absolute Gasteiger partial charge is 0.308 e. The van der Waals surface area contributed by atoms with Crippen LogP contribution >= 0.6 is 0 Å². The van der Waals surface area contributed by atoms with E-state index in [2.05, 4.69) is 22.9 Å². The smallest absolute Gasteiger partial charge is 0.0315 e. The molecule has 1 radical (unpaired) electrons. The molecule has 0 spiro atoms. The molecule has 0 atom stereocenters. The summed E-state index contributed by atoms with van der Waals surface area (Å²) in [6.07, 6.45) is 4.80. The van der Waals surface area contributed by atoms with Gasteiger partial charge in [-0.1, -0.05) is 0 Å². The van der Waals surface area contributed by atoms with Gasteiger partial charge in [0.15, 0.2) is 0 Å². The normalized spacial score (nSPS) is 16.4. The van der Waals surface area contributed by atoms with E-state index in [1.165, 1.54) is 11.1 Å². The molecule has 0 saturated carbocycles. The van der Waals surface area contributed by atoms with E-state index in [-0.39, 0.29) is 0 Å². The summed E-state index contributed by atoms with van der Waals surface area (Å²) >= 11 is 0. The molecular weight excluding hydrogens is 124 g/mol. The van der Waals surface area contributed by atoms with Crippen molar-refractivity contribution in [1.82, 2.24) is 10.3 Å². The summed E-state index contributed by atoms with van der Waals surface area (Å²) < 4.78 is 0. The number of rotatable bonds is 0. The minimum Gasteiger partial charge on any atom is -0.308 e. The van der Waals surface area contributed by atoms with Crippen molar-refractivity contribution >= 4 is 0 Å². The fourth-order valence-electron chi connectivity index (χ4n) is 1.18. The summed E-state index contributed by atoms with van der Waals surface area (Å²) in [6.45, 7) is 3.02. The van der Waals surface area contributed by atoms with Crippen molar-refractivity contribution < 1.29 is 0 Å². The number of nitrogens with one attached hydrogen (secondary N) is 1. The van der Waals surface area contributed by atoms with E-state index in [0.717, 1.165) is 13.0 Å². The molecule has 2 nitrogen and oxygen atoms in total. The fourth-order valence-corrected chi connectivity index (χ4v) is 1.18. The Morgan fingerprint density at radius 1 is 1.40 bits per heavy atom. The fraction of sp³-hybridized carbons (Fsp3) is 0.250. The molecule has 0 aromatic carbocycles. The highest BCUT2D eigenvalue weighted by Gasteiger charge is 2.06. The molecule has 0 fully saturated rings. The molecule has 0 saturated heterocycles. The summed E-state index contributed by atoms with van der Waals surface area (Å²) in [7, 11) is 0. The summed E-state index contributed by atoms with van der Waals surface area (Å²) in [5.41, 5.74) is 2.72. The summed E-state index contributed by atoms with van der Waals surface area (Å²) in [5, 5.41) is 3.18.